The fourth-order valence-electron chi connectivity index (χ4n) is 4.34. The number of hydrogen-bond donors (Lipinski definition) is 4. The molecule has 2 aromatic carbocycles. The fourth-order valence-corrected chi connectivity index (χ4v) is 4.34. The van der Waals surface area contributed by atoms with E-state index in [4.69, 9.17) is 0 Å². The van der Waals surface area contributed by atoms with E-state index in [9.17, 15) is 24.3 Å². The quantitative estimate of drug-likeness (QED) is 0.425. The lowest BCUT2D eigenvalue weighted by atomic mass is 9.97. The molecule has 0 saturated heterocycles. The zero-order valence-corrected chi connectivity index (χ0v) is 21.0. The van der Waals surface area contributed by atoms with Crippen molar-refractivity contribution in [2.24, 2.45) is 11.8 Å². The summed E-state index contributed by atoms with van der Waals surface area (Å²) < 4.78 is 0. The van der Waals surface area contributed by atoms with Gasteiger partial charge in [-0.2, -0.15) is 0 Å². The summed E-state index contributed by atoms with van der Waals surface area (Å²) in [5, 5.41) is 17.8. The molecule has 0 radical (unpaired) electrons. The van der Waals surface area contributed by atoms with Crippen molar-refractivity contribution in [1.82, 2.24) is 10.6 Å². The molecule has 1 aliphatic heterocycles. The molecule has 0 aromatic heterocycles. The molecule has 3 atom stereocenters. The number of amides is 4. The first-order valence-electron chi connectivity index (χ1n) is 12.1. The Kier molecular flexibility index (Phi) is 8.68. The van der Waals surface area contributed by atoms with Crippen LogP contribution in [-0.2, 0) is 20.8 Å². The molecule has 9 nitrogen and oxygen atoms in total. The minimum atomic E-state index is -1.14. The van der Waals surface area contributed by atoms with Crippen molar-refractivity contribution in [3.63, 3.8) is 0 Å². The number of para-hydroxylation sites is 2. The van der Waals surface area contributed by atoms with Crippen LogP contribution in [0.25, 0.3) is 0 Å². The van der Waals surface area contributed by atoms with Crippen LogP contribution in [0, 0.1) is 11.8 Å². The van der Waals surface area contributed by atoms with Gasteiger partial charge in [0.15, 0.2) is 0 Å². The van der Waals surface area contributed by atoms with E-state index in [1.807, 2.05) is 58.0 Å². The van der Waals surface area contributed by atoms with Gasteiger partial charge in [-0.1, -0.05) is 70.2 Å². The maximum absolute atomic E-state index is 13.7. The highest BCUT2D eigenvalue weighted by Gasteiger charge is 2.40. The molecule has 2 aromatic rings. The fraction of sp³-hybridized carbons (Fsp3) is 0.407. The molecule has 0 fully saturated rings. The summed E-state index contributed by atoms with van der Waals surface area (Å²) in [4.78, 5) is 53.0. The summed E-state index contributed by atoms with van der Waals surface area (Å²) in [6.45, 7) is 7.43. The van der Waals surface area contributed by atoms with E-state index in [1.54, 1.807) is 24.3 Å². The van der Waals surface area contributed by atoms with Gasteiger partial charge in [-0.3, -0.25) is 14.5 Å². The molecular weight excluding hydrogens is 460 g/mol. The van der Waals surface area contributed by atoms with E-state index in [0.29, 0.717) is 11.4 Å². The van der Waals surface area contributed by atoms with E-state index in [-0.39, 0.29) is 30.6 Å². The minimum absolute atomic E-state index is 0.0451. The molecule has 36 heavy (non-hydrogen) atoms. The molecule has 192 valence electrons. The number of nitrogens with zero attached hydrogens (tertiary/aromatic N) is 1. The van der Waals surface area contributed by atoms with Gasteiger partial charge in [-0.15, -0.1) is 0 Å². The summed E-state index contributed by atoms with van der Waals surface area (Å²) >= 11 is 0. The Balaban J connectivity index is 1.92. The Bertz CT molecular complexity index is 1100. The third-order valence-corrected chi connectivity index (χ3v) is 6.04. The number of anilines is 2. The molecule has 0 saturated carbocycles. The van der Waals surface area contributed by atoms with Gasteiger partial charge in [-0.05, 0) is 36.0 Å². The van der Waals surface area contributed by atoms with Crippen molar-refractivity contribution in [1.29, 1.82) is 0 Å². The Morgan fingerprint density at radius 2 is 1.58 bits per heavy atom. The van der Waals surface area contributed by atoms with Crippen molar-refractivity contribution in [2.75, 3.05) is 10.2 Å². The lowest BCUT2D eigenvalue weighted by Crippen LogP contribution is -2.60. The van der Waals surface area contributed by atoms with Gasteiger partial charge in [0.2, 0.25) is 11.8 Å². The van der Waals surface area contributed by atoms with Gasteiger partial charge in [-0.25, -0.2) is 9.59 Å². The summed E-state index contributed by atoms with van der Waals surface area (Å²) in [6.07, 6.45) is 0.405. The molecule has 4 N–H and O–H groups in total. The number of benzene rings is 2. The highest BCUT2D eigenvalue weighted by atomic mass is 16.4. The minimum Gasteiger partial charge on any atom is -0.480 e. The van der Waals surface area contributed by atoms with E-state index in [1.165, 1.54) is 4.90 Å². The molecule has 3 rings (SSSR count). The van der Waals surface area contributed by atoms with Gasteiger partial charge < -0.3 is 21.1 Å². The molecule has 1 aliphatic rings. The molecule has 0 aliphatic carbocycles. The molecule has 9 heteroatoms. The number of carbonyl (C=O) groups is 4. The third-order valence-electron chi connectivity index (χ3n) is 6.04. The zero-order chi connectivity index (χ0) is 26.4. The second-order valence-electron chi connectivity index (χ2n) is 9.79. The molecule has 1 heterocycles. The number of carboxylic acids is 1. The molecular formula is C27H34N4O5. The molecule has 0 spiro atoms. The Morgan fingerprint density at radius 3 is 2.19 bits per heavy atom. The lowest BCUT2D eigenvalue weighted by molar-refractivity contribution is -0.142. The number of carbonyl (C=O) groups excluding carboxylic acids is 3. The normalized spacial score (nSPS) is 16.7. The first kappa shape index (κ1) is 26.7. The number of urea groups is 1. The van der Waals surface area contributed by atoms with Crippen molar-refractivity contribution in [3.05, 3.63) is 60.2 Å². The van der Waals surface area contributed by atoms with E-state index in [0.717, 1.165) is 5.56 Å². The van der Waals surface area contributed by atoms with Crippen LogP contribution in [0.3, 0.4) is 0 Å². The van der Waals surface area contributed by atoms with Crippen LogP contribution < -0.4 is 20.9 Å². The molecule has 0 unspecified atom stereocenters. The van der Waals surface area contributed by atoms with E-state index >= 15 is 0 Å². The van der Waals surface area contributed by atoms with Gasteiger partial charge in [0.05, 0.1) is 11.4 Å². The first-order valence-corrected chi connectivity index (χ1v) is 12.1. The summed E-state index contributed by atoms with van der Waals surface area (Å²) in [7, 11) is 0. The Hall–Kier alpha value is -3.88. The van der Waals surface area contributed by atoms with Crippen molar-refractivity contribution >= 4 is 35.2 Å². The van der Waals surface area contributed by atoms with Crippen LogP contribution in [0.2, 0.25) is 0 Å². The largest absolute Gasteiger partial charge is 0.480 e. The lowest BCUT2D eigenvalue weighted by Gasteiger charge is -2.39. The number of hydrogen-bond acceptors (Lipinski definition) is 4. The first-order chi connectivity index (χ1) is 17.1. The third kappa shape index (κ3) is 6.41. The standard InChI is InChI=1S/C27H34N4O5/c1-16(2)14-21(26(34)35)29-24(32)20(15-18-10-6-5-7-11-18)30-27(36)31-22-13-9-8-12-19(22)28-25(33)23(31)17(3)4/h5-13,16-17,20-21,23H,14-15H2,1-4H3,(H,28,33)(H,29,32)(H,30,36)(H,34,35)/t20-,21+,23+/m1/s1. The molecule has 0 bridgehead atoms. The number of nitrogens with one attached hydrogen (secondary N) is 3. The Labute approximate surface area is 211 Å². The second-order valence-corrected chi connectivity index (χ2v) is 9.79. The highest BCUT2D eigenvalue weighted by Crippen LogP contribution is 2.34. The summed E-state index contributed by atoms with van der Waals surface area (Å²) in [6, 6.07) is 12.6. The predicted molar refractivity (Wildman–Crippen MR) is 138 cm³/mol. The van der Waals surface area contributed by atoms with Crippen LogP contribution in [0.5, 0.6) is 0 Å². The van der Waals surface area contributed by atoms with E-state index < -0.39 is 36.0 Å². The van der Waals surface area contributed by atoms with Gasteiger partial charge in [0.1, 0.15) is 18.1 Å². The zero-order valence-electron chi connectivity index (χ0n) is 21.0. The van der Waals surface area contributed by atoms with Crippen LogP contribution in [0.4, 0.5) is 16.2 Å². The van der Waals surface area contributed by atoms with E-state index in [2.05, 4.69) is 16.0 Å². The predicted octanol–water partition coefficient (Wildman–Crippen LogP) is 3.41. The van der Waals surface area contributed by atoms with Gasteiger partial charge in [0.25, 0.3) is 0 Å². The number of rotatable bonds is 9. The maximum atomic E-state index is 13.7. The maximum Gasteiger partial charge on any atom is 0.326 e. The van der Waals surface area contributed by atoms with Crippen LogP contribution in [-0.4, -0.2) is 47.0 Å². The van der Waals surface area contributed by atoms with Crippen molar-refractivity contribution in [2.45, 2.75) is 58.7 Å². The smallest absolute Gasteiger partial charge is 0.326 e. The van der Waals surface area contributed by atoms with Gasteiger partial charge >= 0.3 is 12.0 Å². The van der Waals surface area contributed by atoms with Crippen molar-refractivity contribution < 1.29 is 24.3 Å². The van der Waals surface area contributed by atoms with Crippen LogP contribution in [0.1, 0.15) is 39.7 Å². The van der Waals surface area contributed by atoms with Crippen molar-refractivity contribution in [3.8, 4) is 0 Å². The van der Waals surface area contributed by atoms with Crippen LogP contribution in [0.15, 0.2) is 54.6 Å². The van der Waals surface area contributed by atoms with Gasteiger partial charge in [0, 0.05) is 6.42 Å². The highest BCUT2D eigenvalue weighted by molar-refractivity contribution is 6.12. The number of carboxylic acid groups (broad SMARTS) is 1. The monoisotopic (exact) mass is 494 g/mol. The summed E-state index contributed by atoms with van der Waals surface area (Å²) in [5.41, 5.74) is 1.82. The molecule has 4 amide bonds. The van der Waals surface area contributed by atoms with Crippen LogP contribution >= 0.6 is 0 Å². The number of aliphatic carboxylic acids is 1. The average Bonchev–Trinajstić information content (AvgIpc) is 2.82. The SMILES string of the molecule is CC(C)C[C@H](NC(=O)[C@@H](Cc1ccccc1)NC(=O)N1c2ccccc2NC(=O)[C@@H]1C(C)C)C(=O)O. The number of fused-ring (bicyclic) bond motifs is 1. The Morgan fingerprint density at radius 1 is 0.944 bits per heavy atom. The topological polar surface area (TPSA) is 128 Å². The second kappa shape index (κ2) is 11.7. The summed E-state index contributed by atoms with van der Waals surface area (Å²) in [5.74, 6) is -2.21. The average molecular weight is 495 g/mol.